The molecule has 1 saturated heterocycles. The molecular weight excluding hydrogens is 376 g/mol. The minimum absolute atomic E-state index is 0.486. The first-order valence-corrected chi connectivity index (χ1v) is 10.4. The Morgan fingerprint density at radius 3 is 2.60 bits per heavy atom. The summed E-state index contributed by atoms with van der Waals surface area (Å²) in [4.78, 5) is 2.36. The van der Waals surface area contributed by atoms with Gasteiger partial charge in [-0.3, -0.25) is 4.90 Å². The zero-order valence-corrected chi connectivity index (χ0v) is 17.2. The lowest BCUT2D eigenvalue weighted by Gasteiger charge is -2.37. The van der Waals surface area contributed by atoms with Crippen LogP contribution in [0.4, 0.5) is 0 Å². The number of aliphatic hydroxyl groups is 1. The van der Waals surface area contributed by atoms with Crippen LogP contribution in [0.15, 0.2) is 77.8 Å². The van der Waals surface area contributed by atoms with Crippen LogP contribution in [0, 0.1) is 0 Å². The van der Waals surface area contributed by atoms with Crippen LogP contribution >= 0.6 is 0 Å². The highest BCUT2D eigenvalue weighted by atomic mass is 16.5. The van der Waals surface area contributed by atoms with Gasteiger partial charge in [0.1, 0.15) is 23.8 Å². The molecule has 0 amide bonds. The second-order valence-electron chi connectivity index (χ2n) is 7.93. The molecule has 1 aliphatic heterocycles. The number of hydrogen-bond donors (Lipinski definition) is 1. The summed E-state index contributed by atoms with van der Waals surface area (Å²) in [6.45, 7) is 6.67. The molecule has 2 heterocycles. The van der Waals surface area contributed by atoms with Gasteiger partial charge in [0.2, 0.25) is 0 Å². The highest BCUT2D eigenvalue weighted by Crippen LogP contribution is 2.30. The average Bonchev–Trinajstić information content (AvgIpc) is 3.23. The number of hydrogen-bond acceptors (Lipinski definition) is 5. The molecule has 1 N–H and O–H groups in total. The largest absolute Gasteiger partial charge is 0.489 e. The molecule has 0 spiro atoms. The van der Waals surface area contributed by atoms with Crippen molar-refractivity contribution in [1.82, 2.24) is 10.1 Å². The van der Waals surface area contributed by atoms with Gasteiger partial charge < -0.3 is 14.4 Å². The summed E-state index contributed by atoms with van der Waals surface area (Å²) in [6, 6.07) is 20.0. The summed E-state index contributed by atoms with van der Waals surface area (Å²) in [5.74, 6) is 1.63. The lowest BCUT2D eigenvalue weighted by atomic mass is 9.87. The predicted octanol–water partition coefficient (Wildman–Crippen LogP) is 4.48. The van der Waals surface area contributed by atoms with Gasteiger partial charge in [0.25, 0.3) is 0 Å². The van der Waals surface area contributed by atoms with Crippen molar-refractivity contribution in [3.63, 3.8) is 0 Å². The molecule has 0 atom stereocenters. The third-order valence-corrected chi connectivity index (χ3v) is 5.64. The Hall–Kier alpha value is -2.89. The van der Waals surface area contributed by atoms with E-state index in [0.717, 1.165) is 48.0 Å². The summed E-state index contributed by atoms with van der Waals surface area (Å²) in [5.41, 5.74) is 2.23. The van der Waals surface area contributed by atoms with Gasteiger partial charge in [0.05, 0.1) is 5.60 Å². The first-order chi connectivity index (χ1) is 14.6. The van der Waals surface area contributed by atoms with Crippen LogP contribution in [0.25, 0.3) is 11.3 Å². The summed E-state index contributed by atoms with van der Waals surface area (Å²) in [5, 5.41) is 15.3. The van der Waals surface area contributed by atoms with E-state index in [1.807, 2.05) is 54.6 Å². The molecule has 2 aromatic carbocycles. The fourth-order valence-corrected chi connectivity index (χ4v) is 3.93. The molecule has 0 aliphatic carbocycles. The number of para-hydroxylation sites is 1. The van der Waals surface area contributed by atoms with Crippen LogP contribution in [0.2, 0.25) is 0 Å². The first kappa shape index (κ1) is 20.4. The smallest absolute Gasteiger partial charge is 0.140 e. The topological polar surface area (TPSA) is 58.7 Å². The molecule has 0 bridgehead atoms. The number of benzene rings is 2. The predicted molar refractivity (Wildman–Crippen MR) is 117 cm³/mol. The van der Waals surface area contributed by atoms with E-state index in [2.05, 4.69) is 22.7 Å². The molecule has 0 unspecified atom stereocenters. The number of rotatable bonds is 8. The highest BCUT2D eigenvalue weighted by molar-refractivity contribution is 5.58. The van der Waals surface area contributed by atoms with Crippen molar-refractivity contribution < 1.29 is 14.4 Å². The Bertz CT molecular complexity index is 959. The van der Waals surface area contributed by atoms with Crippen LogP contribution in [0.1, 0.15) is 24.2 Å². The minimum atomic E-state index is -0.761. The Morgan fingerprint density at radius 2 is 1.83 bits per heavy atom. The molecule has 1 fully saturated rings. The maximum absolute atomic E-state index is 11.1. The van der Waals surface area contributed by atoms with Gasteiger partial charge in [-0.05, 0) is 18.9 Å². The van der Waals surface area contributed by atoms with Gasteiger partial charge in [-0.25, -0.2) is 0 Å². The van der Waals surface area contributed by atoms with Crippen molar-refractivity contribution in [2.24, 2.45) is 0 Å². The van der Waals surface area contributed by atoms with Crippen LogP contribution < -0.4 is 4.74 Å². The average molecular weight is 405 g/mol. The zero-order valence-electron chi connectivity index (χ0n) is 17.2. The van der Waals surface area contributed by atoms with Gasteiger partial charge in [-0.1, -0.05) is 66.3 Å². The van der Waals surface area contributed by atoms with Crippen LogP contribution in [-0.4, -0.2) is 40.5 Å². The maximum Gasteiger partial charge on any atom is 0.140 e. The van der Waals surface area contributed by atoms with Gasteiger partial charge in [-0.2, -0.15) is 0 Å². The molecule has 1 aliphatic rings. The summed E-state index contributed by atoms with van der Waals surface area (Å²) < 4.78 is 11.3. The van der Waals surface area contributed by atoms with E-state index in [9.17, 15) is 5.11 Å². The van der Waals surface area contributed by atoms with E-state index in [-0.39, 0.29) is 0 Å². The number of piperidine rings is 1. The monoisotopic (exact) mass is 404 g/mol. The van der Waals surface area contributed by atoms with Crippen LogP contribution in [0.5, 0.6) is 5.75 Å². The summed E-state index contributed by atoms with van der Waals surface area (Å²) >= 11 is 0. The van der Waals surface area contributed by atoms with Crippen molar-refractivity contribution in [3.05, 3.63) is 84.6 Å². The molecule has 1 aromatic heterocycles. The van der Waals surface area contributed by atoms with Crippen molar-refractivity contribution in [3.8, 4) is 17.0 Å². The second kappa shape index (κ2) is 9.28. The Balaban J connectivity index is 1.34. The van der Waals surface area contributed by atoms with Crippen molar-refractivity contribution in [2.45, 2.75) is 31.4 Å². The van der Waals surface area contributed by atoms with E-state index < -0.39 is 5.60 Å². The number of nitrogens with zero attached hydrogens (tertiary/aromatic N) is 2. The highest BCUT2D eigenvalue weighted by Gasteiger charge is 2.34. The van der Waals surface area contributed by atoms with E-state index in [1.165, 1.54) is 0 Å². The second-order valence-corrected chi connectivity index (χ2v) is 7.93. The standard InChI is InChI=1S/C25H28N2O3/c1-2-16-29-24-11-7-6-10-21(24)19-27-14-12-25(28,13-15-27)18-22-17-23(26-30-22)20-8-4-3-5-9-20/h2-11,17,28H,1,12-16,18-19H2. The van der Waals surface area contributed by atoms with E-state index in [1.54, 1.807) is 6.08 Å². The van der Waals surface area contributed by atoms with E-state index in [0.29, 0.717) is 25.9 Å². The Kier molecular flexibility index (Phi) is 6.31. The first-order valence-electron chi connectivity index (χ1n) is 10.4. The lowest BCUT2D eigenvalue weighted by molar-refractivity contribution is -0.0266. The molecule has 3 aromatic rings. The third-order valence-electron chi connectivity index (χ3n) is 5.64. The van der Waals surface area contributed by atoms with Gasteiger partial charge in [0.15, 0.2) is 0 Å². The normalized spacial score (nSPS) is 16.3. The fraction of sp³-hybridized carbons (Fsp3) is 0.320. The SMILES string of the molecule is C=CCOc1ccccc1CN1CCC(O)(Cc2cc(-c3ccccc3)no2)CC1. The number of aromatic nitrogens is 1. The van der Waals surface area contributed by atoms with Gasteiger partial charge >= 0.3 is 0 Å². The molecule has 30 heavy (non-hydrogen) atoms. The van der Waals surface area contributed by atoms with Crippen molar-refractivity contribution in [2.75, 3.05) is 19.7 Å². The zero-order chi connectivity index (χ0) is 20.8. The fourth-order valence-electron chi connectivity index (χ4n) is 3.93. The van der Waals surface area contributed by atoms with Crippen molar-refractivity contribution in [1.29, 1.82) is 0 Å². The van der Waals surface area contributed by atoms with E-state index in [4.69, 9.17) is 9.26 Å². The number of ether oxygens (including phenoxy) is 1. The lowest BCUT2D eigenvalue weighted by Crippen LogP contribution is -2.45. The van der Waals surface area contributed by atoms with Crippen LogP contribution in [-0.2, 0) is 13.0 Å². The van der Waals surface area contributed by atoms with Crippen molar-refractivity contribution >= 4 is 0 Å². The van der Waals surface area contributed by atoms with Gasteiger partial charge in [0, 0.05) is 43.2 Å². The maximum atomic E-state index is 11.1. The van der Waals surface area contributed by atoms with Crippen LogP contribution in [0.3, 0.4) is 0 Å². The molecule has 4 rings (SSSR count). The molecule has 0 saturated carbocycles. The molecular formula is C25H28N2O3. The Labute approximate surface area is 177 Å². The minimum Gasteiger partial charge on any atom is -0.489 e. The van der Waals surface area contributed by atoms with E-state index >= 15 is 0 Å². The molecule has 5 nitrogen and oxygen atoms in total. The Morgan fingerprint density at radius 1 is 1.10 bits per heavy atom. The molecule has 156 valence electrons. The third kappa shape index (κ3) is 4.99. The quantitative estimate of drug-likeness (QED) is 0.561. The van der Waals surface area contributed by atoms with Gasteiger partial charge in [-0.15, -0.1) is 0 Å². The summed E-state index contributed by atoms with van der Waals surface area (Å²) in [6.07, 6.45) is 3.64. The molecule has 0 radical (unpaired) electrons. The summed E-state index contributed by atoms with van der Waals surface area (Å²) in [7, 11) is 0. The molecule has 5 heteroatoms. The number of likely N-dealkylation sites (tertiary alicyclic amines) is 1.